The Morgan fingerprint density at radius 1 is 1.00 bits per heavy atom. The highest BCUT2D eigenvalue weighted by Gasteiger charge is 2.30. The van der Waals surface area contributed by atoms with Crippen LogP contribution in [0.5, 0.6) is 0 Å². The van der Waals surface area contributed by atoms with Crippen LogP contribution in [-0.2, 0) is 20.7 Å². The molecule has 2 aromatic carbocycles. The summed E-state index contributed by atoms with van der Waals surface area (Å²) in [6.07, 6.45) is 7.33. The van der Waals surface area contributed by atoms with Crippen LogP contribution in [0, 0.1) is 0 Å². The molecule has 0 radical (unpaired) electrons. The van der Waals surface area contributed by atoms with Gasteiger partial charge < -0.3 is 9.47 Å². The summed E-state index contributed by atoms with van der Waals surface area (Å²) in [5.74, 6) is 0.0718. The lowest BCUT2D eigenvalue weighted by atomic mass is 10.0. The Labute approximate surface area is 164 Å². The molecule has 4 heteroatoms. The molecule has 0 bridgehead atoms. The van der Waals surface area contributed by atoms with Crippen LogP contribution in [0.3, 0.4) is 0 Å². The zero-order valence-electron chi connectivity index (χ0n) is 16.0. The lowest BCUT2D eigenvalue weighted by molar-refractivity contribution is -0.113. The Morgan fingerprint density at radius 2 is 1.75 bits per heavy atom. The molecule has 4 rings (SSSR count). The van der Waals surface area contributed by atoms with Crippen molar-refractivity contribution < 1.29 is 14.3 Å². The smallest absolute Gasteiger partial charge is 0.184 e. The van der Waals surface area contributed by atoms with E-state index in [0.717, 1.165) is 27.5 Å². The molecule has 1 aliphatic heterocycles. The number of carbonyl (C=O) groups excluding carboxylic acids is 1. The number of ketones is 1. The highest BCUT2D eigenvalue weighted by Crippen LogP contribution is 2.31. The van der Waals surface area contributed by atoms with Gasteiger partial charge in [-0.3, -0.25) is 9.78 Å². The number of ether oxygens (including phenoxy) is 2. The van der Waals surface area contributed by atoms with Gasteiger partial charge in [-0.1, -0.05) is 48.5 Å². The maximum absolute atomic E-state index is 12.3. The number of rotatable bonds is 5. The normalized spacial score (nSPS) is 20.2. The van der Waals surface area contributed by atoms with Crippen molar-refractivity contribution >= 4 is 22.6 Å². The van der Waals surface area contributed by atoms with Crippen molar-refractivity contribution in [1.29, 1.82) is 0 Å². The lowest BCUT2D eigenvalue weighted by Crippen LogP contribution is -2.13. The maximum atomic E-state index is 12.3. The van der Waals surface area contributed by atoms with Gasteiger partial charge in [-0.2, -0.15) is 0 Å². The van der Waals surface area contributed by atoms with E-state index in [1.807, 2.05) is 74.7 Å². The van der Waals surface area contributed by atoms with Gasteiger partial charge in [-0.05, 0) is 42.5 Å². The van der Waals surface area contributed by atoms with Gasteiger partial charge in [0, 0.05) is 29.8 Å². The third-order valence-corrected chi connectivity index (χ3v) is 5.09. The predicted octanol–water partition coefficient (Wildman–Crippen LogP) is 4.88. The van der Waals surface area contributed by atoms with Crippen LogP contribution in [0.25, 0.3) is 16.8 Å². The quantitative estimate of drug-likeness (QED) is 0.598. The third-order valence-electron chi connectivity index (χ3n) is 5.09. The summed E-state index contributed by atoms with van der Waals surface area (Å²) >= 11 is 0. The number of carbonyl (C=O) groups is 1. The van der Waals surface area contributed by atoms with Gasteiger partial charge in [0.2, 0.25) is 0 Å². The molecule has 28 heavy (non-hydrogen) atoms. The molecule has 1 aliphatic rings. The molecule has 1 fully saturated rings. The average molecular weight is 373 g/mol. The Balaban J connectivity index is 1.38. The van der Waals surface area contributed by atoms with Crippen LogP contribution in [0.15, 0.2) is 67.0 Å². The topological polar surface area (TPSA) is 48.4 Å². The maximum Gasteiger partial charge on any atom is 0.184 e. The molecule has 0 N–H and O–H groups in total. The van der Waals surface area contributed by atoms with Gasteiger partial charge in [0.15, 0.2) is 12.1 Å². The van der Waals surface area contributed by atoms with Crippen molar-refractivity contribution in [3.8, 4) is 0 Å². The van der Waals surface area contributed by atoms with E-state index in [1.54, 1.807) is 12.3 Å². The summed E-state index contributed by atoms with van der Waals surface area (Å²) < 4.78 is 11.6. The number of nitrogens with zero attached hydrogens (tertiary/aromatic N) is 1. The molecular weight excluding hydrogens is 350 g/mol. The van der Waals surface area contributed by atoms with Crippen molar-refractivity contribution in [3.05, 3.63) is 83.7 Å². The van der Waals surface area contributed by atoms with E-state index < -0.39 is 0 Å². The second kappa shape index (κ2) is 8.05. The van der Waals surface area contributed by atoms with Crippen LogP contribution in [0.2, 0.25) is 0 Å². The standard InChI is InChI=1S/C24H23NO3/c1-16-17(2)28-24(27-16)20-7-3-18(4-8-20)6-10-23(26)14-19-5-9-22-15-25-12-11-21(22)13-19/h3-13,15-17,24H,14H2,1-2H3/b10-6+/t16-,17-/m0/s1. The van der Waals surface area contributed by atoms with E-state index in [4.69, 9.17) is 9.47 Å². The fourth-order valence-corrected chi connectivity index (χ4v) is 3.26. The summed E-state index contributed by atoms with van der Waals surface area (Å²) in [5, 5.41) is 2.17. The minimum absolute atomic E-state index is 0.0718. The summed E-state index contributed by atoms with van der Waals surface area (Å²) in [6.45, 7) is 4.03. The molecule has 142 valence electrons. The SMILES string of the molecule is C[C@@H]1OC(c2ccc(/C=C/C(=O)Cc3ccc4cnccc4c3)cc2)O[C@H]1C. The monoisotopic (exact) mass is 373 g/mol. The van der Waals surface area contributed by atoms with Crippen molar-refractivity contribution in [2.45, 2.75) is 38.8 Å². The zero-order valence-corrected chi connectivity index (χ0v) is 16.0. The van der Waals surface area contributed by atoms with E-state index in [2.05, 4.69) is 4.98 Å². The van der Waals surface area contributed by atoms with Crippen LogP contribution < -0.4 is 0 Å². The van der Waals surface area contributed by atoms with Gasteiger partial charge in [0.05, 0.1) is 12.2 Å². The Bertz CT molecular complexity index is 1000. The van der Waals surface area contributed by atoms with Crippen LogP contribution in [-0.4, -0.2) is 23.0 Å². The number of aromatic nitrogens is 1. The molecule has 4 nitrogen and oxygen atoms in total. The number of hydrogen-bond donors (Lipinski definition) is 0. The second-order valence-corrected chi connectivity index (χ2v) is 7.21. The van der Waals surface area contributed by atoms with Crippen LogP contribution in [0.4, 0.5) is 0 Å². The first-order chi connectivity index (χ1) is 13.6. The van der Waals surface area contributed by atoms with Gasteiger partial charge in [0.25, 0.3) is 0 Å². The molecule has 0 amide bonds. The largest absolute Gasteiger partial charge is 0.343 e. The van der Waals surface area contributed by atoms with Gasteiger partial charge >= 0.3 is 0 Å². The molecule has 1 aromatic heterocycles. The first-order valence-electron chi connectivity index (χ1n) is 9.53. The molecule has 0 saturated carbocycles. The number of fused-ring (bicyclic) bond motifs is 1. The third kappa shape index (κ3) is 4.19. The summed E-state index contributed by atoms with van der Waals surface area (Å²) in [4.78, 5) is 16.4. The average Bonchev–Trinajstić information content (AvgIpc) is 3.05. The van der Waals surface area contributed by atoms with Crippen LogP contribution in [0.1, 0.15) is 36.8 Å². The number of hydrogen-bond acceptors (Lipinski definition) is 4. The van der Waals surface area contributed by atoms with Crippen molar-refractivity contribution in [1.82, 2.24) is 4.98 Å². The van der Waals surface area contributed by atoms with E-state index in [1.165, 1.54) is 0 Å². The molecule has 2 atom stereocenters. The minimum atomic E-state index is -0.312. The number of allylic oxidation sites excluding steroid dienone is 1. The Hall–Kier alpha value is -2.82. The molecule has 0 unspecified atom stereocenters. The molecular formula is C24H23NO3. The fourth-order valence-electron chi connectivity index (χ4n) is 3.26. The van der Waals surface area contributed by atoms with Crippen molar-refractivity contribution in [3.63, 3.8) is 0 Å². The number of benzene rings is 2. The summed E-state index contributed by atoms with van der Waals surface area (Å²) in [5.41, 5.74) is 2.97. The van der Waals surface area contributed by atoms with E-state index >= 15 is 0 Å². The fraction of sp³-hybridized carbons (Fsp3) is 0.250. The first-order valence-corrected chi connectivity index (χ1v) is 9.53. The molecule has 1 saturated heterocycles. The van der Waals surface area contributed by atoms with Gasteiger partial charge in [-0.15, -0.1) is 0 Å². The molecule has 0 aliphatic carbocycles. The number of pyridine rings is 1. The van der Waals surface area contributed by atoms with Crippen molar-refractivity contribution in [2.75, 3.05) is 0 Å². The van der Waals surface area contributed by atoms with Crippen LogP contribution >= 0.6 is 0 Å². The molecule has 3 aromatic rings. The highest BCUT2D eigenvalue weighted by molar-refractivity contribution is 5.95. The Kier molecular flexibility index (Phi) is 5.33. The first kappa shape index (κ1) is 18.5. The molecule has 0 spiro atoms. The summed E-state index contributed by atoms with van der Waals surface area (Å²) in [6, 6.07) is 15.9. The molecule has 2 heterocycles. The second-order valence-electron chi connectivity index (χ2n) is 7.21. The van der Waals surface area contributed by atoms with E-state index in [9.17, 15) is 4.79 Å². The highest BCUT2D eigenvalue weighted by atomic mass is 16.7. The summed E-state index contributed by atoms with van der Waals surface area (Å²) in [7, 11) is 0. The van der Waals surface area contributed by atoms with E-state index in [-0.39, 0.29) is 24.3 Å². The zero-order chi connectivity index (χ0) is 19.5. The van der Waals surface area contributed by atoms with Gasteiger partial charge in [0.1, 0.15) is 0 Å². The Morgan fingerprint density at radius 3 is 2.50 bits per heavy atom. The minimum Gasteiger partial charge on any atom is -0.343 e. The van der Waals surface area contributed by atoms with E-state index in [0.29, 0.717) is 6.42 Å². The van der Waals surface area contributed by atoms with Gasteiger partial charge in [-0.25, -0.2) is 0 Å². The predicted molar refractivity (Wildman–Crippen MR) is 110 cm³/mol. The lowest BCUT2D eigenvalue weighted by Gasteiger charge is -2.10. The van der Waals surface area contributed by atoms with Crippen molar-refractivity contribution in [2.24, 2.45) is 0 Å².